The first kappa shape index (κ1) is 91.3. The zero-order valence-electron chi connectivity index (χ0n) is 89.6. The van der Waals surface area contributed by atoms with Gasteiger partial charge in [0, 0.05) is 139 Å². The number of aromatic nitrogens is 13. The fourth-order valence-electron chi connectivity index (χ4n) is 27.0. The molecule has 710 valence electrons. The van der Waals surface area contributed by atoms with Crippen molar-refractivity contribution in [2.75, 3.05) is 0 Å². The summed E-state index contributed by atoms with van der Waals surface area (Å²) in [5.41, 5.74) is 47.6. The van der Waals surface area contributed by atoms with Crippen molar-refractivity contribution in [3.05, 3.63) is 326 Å². The number of hydrogen-bond donors (Lipinski definition) is 0. The molecule has 0 atom stereocenters. The van der Waals surface area contributed by atoms with Gasteiger partial charge in [-0.05, 0) is 137 Å². The van der Waals surface area contributed by atoms with Crippen LogP contribution in [-0.2, 0) is 89.4 Å². The lowest BCUT2D eigenvalue weighted by atomic mass is 9.60. The van der Waals surface area contributed by atoms with E-state index in [0.29, 0.717) is 0 Å². The highest BCUT2D eigenvalue weighted by atomic mass is 15.2. The Morgan fingerprint density at radius 3 is 0.872 bits per heavy atom. The normalized spacial score (nSPS) is 17.1. The number of nitrogens with zero attached hydrogens (tertiary/aromatic N) is 13. The minimum atomic E-state index is -0.0820. The lowest BCUT2D eigenvalue weighted by Crippen LogP contribution is -2.44. The van der Waals surface area contributed by atoms with Crippen LogP contribution in [0.5, 0.6) is 0 Å². The van der Waals surface area contributed by atoms with Crippen LogP contribution < -0.4 is 22.8 Å². The Morgan fingerprint density at radius 1 is 0.213 bits per heavy atom. The van der Waals surface area contributed by atoms with Gasteiger partial charge in [-0.1, -0.05) is 296 Å². The molecule has 0 bridgehead atoms. The van der Waals surface area contributed by atoms with Gasteiger partial charge in [0.05, 0.1) is 89.5 Å². The van der Waals surface area contributed by atoms with Crippen LogP contribution in [0.3, 0.4) is 0 Å². The Labute approximate surface area is 829 Å². The number of pyridine rings is 8. The molecule has 5 aliphatic rings. The van der Waals surface area contributed by atoms with Crippen molar-refractivity contribution in [1.82, 2.24) is 37.0 Å². The summed E-state index contributed by atoms with van der Waals surface area (Å²) in [6.07, 6.45) is 12.8. The molecule has 0 radical (unpaired) electrons. The van der Waals surface area contributed by atoms with Gasteiger partial charge in [0.1, 0.15) is 46.2 Å². The summed E-state index contributed by atoms with van der Waals surface area (Å²) in [4.78, 5) is 14.6. The zero-order valence-corrected chi connectivity index (χ0v) is 89.6. The number of para-hydroxylation sites is 1. The van der Waals surface area contributed by atoms with Crippen LogP contribution in [0.25, 0.3) is 160 Å². The lowest BCUT2D eigenvalue weighted by Gasteiger charge is -2.43. The number of rotatable bonds is 2. The van der Waals surface area contributed by atoms with Crippen molar-refractivity contribution >= 4 is 137 Å². The molecule has 0 aliphatic carbocycles. The van der Waals surface area contributed by atoms with E-state index in [9.17, 15) is 0 Å². The second kappa shape index (κ2) is 29.6. The molecule has 13 nitrogen and oxygen atoms in total. The van der Waals surface area contributed by atoms with Crippen molar-refractivity contribution in [3.8, 4) is 22.5 Å². The highest BCUT2D eigenvalue weighted by molar-refractivity contribution is 6.19. The van der Waals surface area contributed by atoms with Gasteiger partial charge in [0.2, 0.25) is 0 Å². The topological polar surface area (TPSA) is 80.1 Å². The standard InChI is InChI=1S/C30H31N2.C29H30N3.C24H27N2.C23H26N3.C22H24N3/c1-18-12-11-15-21-23-19(2)16-17-22-26(23)32-27(30(5,6)29(22,3)4)25(20-13-9-8-10-14-20)31(7)28(32)24(18)21;1-17-13-14-20-25-21(17)23-22(18(2)15-16-30-23)27-31(7)24(19-11-9-8-10-12-19)26(32(25)27)29(5,6)28(20,3)4;1-14-9-8-10-16-19-15(2)11-12-17-21(19)26-18(24(5,6)23(17,3)4)13-25(7)22(26)20(14)16;1-13-8-9-15-20-17(13)19-18(14(2)10-11-24-19)21-25(7)12-16(26(20)21)23(5,6)22(15,3)4;1-13-10-11-23-18-14-8-7-9-15-19(14)25-16(22(4,5)21(15,2)3)12-24(6)20(25)17(13)18/h8-17H,1-7H3;8-16H,1-7H3;8-13H,1-7H3;8-12H,1-7H3;7-12H,1-6H3/q5*+1. The molecular formula is C128H138N13+5. The van der Waals surface area contributed by atoms with Crippen molar-refractivity contribution in [2.45, 2.75) is 255 Å². The Hall–Kier alpha value is -13.5. The van der Waals surface area contributed by atoms with Crippen molar-refractivity contribution < 1.29 is 22.8 Å². The molecule has 22 aromatic rings. The minimum absolute atomic E-state index is 0.0196. The zero-order chi connectivity index (χ0) is 100. The summed E-state index contributed by atoms with van der Waals surface area (Å²) in [7, 11) is 11.0. The summed E-state index contributed by atoms with van der Waals surface area (Å²) in [6.45, 7) is 68.0. The van der Waals surface area contributed by atoms with Crippen LogP contribution >= 0.6 is 0 Å². The van der Waals surface area contributed by atoms with Crippen LogP contribution in [0, 0.1) is 62.3 Å². The molecule has 0 amide bonds. The van der Waals surface area contributed by atoms with Gasteiger partial charge in [0.15, 0.2) is 39.9 Å². The molecule has 0 N–H and O–H groups in total. The number of aryl methyl sites for hydroxylation is 14. The minimum Gasteiger partial charge on any atom is -0.255 e. The van der Waals surface area contributed by atoms with Gasteiger partial charge in [-0.3, -0.25) is 15.0 Å². The van der Waals surface area contributed by atoms with E-state index in [2.05, 4.69) is 481 Å². The largest absolute Gasteiger partial charge is 0.297 e. The van der Waals surface area contributed by atoms with Crippen molar-refractivity contribution in [2.24, 2.45) is 35.2 Å². The Kier molecular flexibility index (Phi) is 19.1. The monoisotopic (exact) mass is 1860 g/mol. The predicted molar refractivity (Wildman–Crippen MR) is 585 cm³/mol. The molecule has 141 heavy (non-hydrogen) atoms. The van der Waals surface area contributed by atoms with E-state index < -0.39 is 0 Å². The quantitative estimate of drug-likeness (QED) is 0.128. The molecule has 0 saturated carbocycles. The van der Waals surface area contributed by atoms with Gasteiger partial charge in [-0.2, -0.15) is 22.0 Å². The number of hydrogen-bond acceptors (Lipinski definition) is 3. The van der Waals surface area contributed by atoms with E-state index >= 15 is 0 Å². The van der Waals surface area contributed by atoms with E-state index in [1.54, 1.807) is 0 Å². The van der Waals surface area contributed by atoms with Crippen LogP contribution in [0.4, 0.5) is 0 Å². The highest BCUT2D eigenvalue weighted by Crippen LogP contribution is 2.60. The molecule has 13 heteroatoms. The summed E-state index contributed by atoms with van der Waals surface area (Å²) >= 11 is 0. The Morgan fingerprint density at radius 2 is 0.482 bits per heavy atom. The maximum absolute atomic E-state index is 4.96. The molecule has 27 rings (SSSR count). The number of imidazole rings is 5. The summed E-state index contributed by atoms with van der Waals surface area (Å²) < 4.78 is 24.5. The average Bonchev–Trinajstić information content (AvgIpc) is 1.49. The number of fused-ring (bicyclic) bond motifs is 15. The molecule has 9 aromatic carbocycles. The van der Waals surface area contributed by atoms with E-state index in [-0.39, 0.29) is 54.1 Å². The van der Waals surface area contributed by atoms with Crippen molar-refractivity contribution in [1.29, 1.82) is 0 Å². The summed E-state index contributed by atoms with van der Waals surface area (Å²) in [5.74, 6) is 0. The highest BCUT2D eigenvalue weighted by Gasteiger charge is 2.58. The van der Waals surface area contributed by atoms with Gasteiger partial charge < -0.3 is 0 Å². The first-order valence-electron chi connectivity index (χ1n) is 51.1. The third-order valence-corrected chi connectivity index (χ3v) is 38.4. The van der Waals surface area contributed by atoms with Crippen LogP contribution in [0.2, 0.25) is 0 Å². The van der Waals surface area contributed by atoms with E-state index in [1.165, 1.54) is 249 Å². The lowest BCUT2D eigenvalue weighted by molar-refractivity contribution is -0.644. The van der Waals surface area contributed by atoms with Crippen LogP contribution in [-0.4, -0.2) is 37.0 Å². The van der Waals surface area contributed by atoms with E-state index in [1.807, 2.05) is 18.6 Å². The molecule has 18 heterocycles. The Bertz CT molecular complexity index is 8940. The molecule has 13 aromatic heterocycles. The molecule has 0 unspecified atom stereocenters. The predicted octanol–water partition coefficient (Wildman–Crippen LogP) is 27.5. The SMILES string of the molecule is Cc1ccc2c3c1c1cccc(C)c1c1n3c(c(-c3ccccc3)[n+]1C)C(C)(C)C2(C)C.Cc1ccc2c3c1c1cccc(C)c1c1n3c(c[n+]1C)C(C)(C)C2(C)C.Cc1ccc2c3c1c1nccc(C)c1c1n3c(c(-c3ccccc3)[n+]1C)C(C)(C)C2(C)C.Cc1ccc2c3c1c1nccc(C)c1c1n3c(c[n+]1C)C(C)(C)C2(C)C.Cc1ccnc2c3cccc4c3n3c(c[n+](C)c3c12)C(C)(C)C4(C)C. The van der Waals surface area contributed by atoms with E-state index in [4.69, 9.17) is 15.0 Å². The Balaban J connectivity index is 0.0000000985. The smallest absolute Gasteiger partial charge is 0.255 e. The summed E-state index contributed by atoms with van der Waals surface area (Å²) in [5, 5.41) is 15.9. The van der Waals surface area contributed by atoms with Crippen molar-refractivity contribution in [3.63, 3.8) is 0 Å². The first-order chi connectivity index (χ1) is 66.5. The molecule has 0 saturated heterocycles. The molecule has 5 aliphatic heterocycles. The summed E-state index contributed by atoms with van der Waals surface area (Å²) in [6, 6.07) is 67.1. The molecule has 0 spiro atoms. The van der Waals surface area contributed by atoms with Gasteiger partial charge in [0.25, 0.3) is 28.2 Å². The van der Waals surface area contributed by atoms with Gasteiger partial charge in [-0.25, -0.2) is 22.8 Å². The maximum atomic E-state index is 4.96. The molecule has 0 fully saturated rings. The second-order valence-corrected chi connectivity index (χ2v) is 48.0. The van der Waals surface area contributed by atoms with Crippen LogP contribution in [0.1, 0.15) is 245 Å². The fraction of sp³-hybridized carbons (Fsp3) is 0.344. The fourth-order valence-corrected chi connectivity index (χ4v) is 27.0. The molecular weight excluding hydrogens is 1720 g/mol. The average molecular weight is 1860 g/mol. The van der Waals surface area contributed by atoms with Gasteiger partial charge >= 0.3 is 0 Å². The maximum Gasteiger partial charge on any atom is 0.297 e. The third-order valence-electron chi connectivity index (χ3n) is 38.4. The van der Waals surface area contributed by atoms with Gasteiger partial charge in [-0.15, -0.1) is 0 Å². The third kappa shape index (κ3) is 11.4. The van der Waals surface area contributed by atoms with Crippen LogP contribution in [0.15, 0.2) is 219 Å². The second-order valence-electron chi connectivity index (χ2n) is 48.0. The number of benzene rings is 9. The van der Waals surface area contributed by atoms with E-state index in [0.717, 1.165) is 16.6 Å². The first-order valence-corrected chi connectivity index (χ1v) is 51.1.